The highest BCUT2D eigenvalue weighted by molar-refractivity contribution is 5.98. The van der Waals surface area contributed by atoms with Crippen molar-refractivity contribution in [1.29, 1.82) is 0 Å². The van der Waals surface area contributed by atoms with Crippen LogP contribution in [-0.4, -0.2) is 119 Å². The van der Waals surface area contributed by atoms with Crippen LogP contribution >= 0.6 is 0 Å². The summed E-state index contributed by atoms with van der Waals surface area (Å²) in [5, 5.41) is 23.3. The molecule has 0 unspecified atom stereocenters. The molecule has 3 aliphatic heterocycles. The van der Waals surface area contributed by atoms with Crippen LogP contribution in [0.4, 0.5) is 0 Å². The lowest BCUT2D eigenvalue weighted by Crippen LogP contribution is -2.60. The van der Waals surface area contributed by atoms with Crippen molar-refractivity contribution in [3.63, 3.8) is 0 Å². The zero-order valence-electron chi connectivity index (χ0n) is 30.0. The molecule has 15 nitrogen and oxygen atoms in total. The lowest BCUT2D eigenvalue weighted by Gasteiger charge is -2.34. The molecule has 0 saturated carbocycles. The molecule has 7 atom stereocenters. The van der Waals surface area contributed by atoms with Crippen LogP contribution < -0.4 is 26.6 Å². The Morgan fingerprint density at radius 1 is 0.725 bits per heavy atom. The molecule has 3 saturated heterocycles. The molecule has 15 heteroatoms. The van der Waals surface area contributed by atoms with E-state index >= 15 is 0 Å². The summed E-state index contributed by atoms with van der Waals surface area (Å²) in [5.74, 6) is -4.56. The second kappa shape index (κ2) is 18.1. The van der Waals surface area contributed by atoms with E-state index in [4.69, 9.17) is 0 Å². The van der Waals surface area contributed by atoms with E-state index in [2.05, 4.69) is 26.6 Å². The van der Waals surface area contributed by atoms with Crippen LogP contribution in [0.2, 0.25) is 0 Å². The van der Waals surface area contributed by atoms with Crippen molar-refractivity contribution in [1.82, 2.24) is 36.4 Å². The number of fused-ring (bicyclic) bond motifs is 2. The van der Waals surface area contributed by atoms with Crippen LogP contribution in [0.5, 0.6) is 0 Å². The Bertz CT molecular complexity index is 1440. The van der Waals surface area contributed by atoms with Gasteiger partial charge in [-0.05, 0) is 49.5 Å². The molecule has 280 valence electrons. The molecule has 0 aromatic heterocycles. The number of nitrogens with one attached hydrogen (secondary N) is 5. The van der Waals surface area contributed by atoms with E-state index < -0.39 is 84.8 Å². The van der Waals surface area contributed by atoms with Crippen LogP contribution in [0.1, 0.15) is 71.8 Å². The zero-order valence-corrected chi connectivity index (χ0v) is 30.0. The summed E-state index contributed by atoms with van der Waals surface area (Å²) in [7, 11) is 0. The molecule has 3 aliphatic rings. The first kappa shape index (κ1) is 39.3. The van der Waals surface area contributed by atoms with Crippen molar-refractivity contribution < 1.29 is 38.7 Å². The zero-order chi connectivity index (χ0) is 37.2. The van der Waals surface area contributed by atoms with E-state index in [9.17, 15) is 38.7 Å². The minimum absolute atomic E-state index is 0.0341. The fourth-order valence-corrected chi connectivity index (χ4v) is 6.95. The number of aliphatic hydroxyl groups is 1. The molecule has 1 aromatic carbocycles. The van der Waals surface area contributed by atoms with Gasteiger partial charge in [-0.1, -0.05) is 64.4 Å². The Labute approximate surface area is 299 Å². The van der Waals surface area contributed by atoms with E-state index in [1.807, 2.05) is 33.8 Å². The van der Waals surface area contributed by atoms with Gasteiger partial charge in [0.2, 0.25) is 41.4 Å². The molecular weight excluding hydrogens is 658 g/mol. The monoisotopic (exact) mass is 711 g/mol. The number of hydrogen-bond donors (Lipinski definition) is 6. The summed E-state index contributed by atoms with van der Waals surface area (Å²) >= 11 is 0. The number of nitrogens with zero attached hydrogens (tertiary/aromatic N) is 2. The maximum Gasteiger partial charge on any atom is 0.246 e. The van der Waals surface area contributed by atoms with Crippen molar-refractivity contribution in [2.45, 2.75) is 109 Å². The second-order valence-corrected chi connectivity index (χ2v) is 14.2. The summed E-state index contributed by atoms with van der Waals surface area (Å²) in [4.78, 5) is 98.5. The third-order valence-electron chi connectivity index (χ3n) is 9.95. The minimum atomic E-state index is -1.43. The smallest absolute Gasteiger partial charge is 0.246 e. The number of rotatable bonds is 7. The third kappa shape index (κ3) is 10.0. The van der Waals surface area contributed by atoms with Gasteiger partial charge in [0, 0.05) is 19.5 Å². The quantitative estimate of drug-likeness (QED) is 0.214. The van der Waals surface area contributed by atoms with Crippen molar-refractivity contribution in [3.05, 3.63) is 35.9 Å². The van der Waals surface area contributed by atoms with Gasteiger partial charge in [0.05, 0.1) is 13.2 Å². The minimum Gasteiger partial charge on any atom is -0.394 e. The van der Waals surface area contributed by atoms with E-state index in [-0.39, 0.29) is 37.1 Å². The molecule has 0 radical (unpaired) electrons. The molecule has 7 amide bonds. The lowest BCUT2D eigenvalue weighted by molar-refractivity contribution is -0.148. The molecule has 51 heavy (non-hydrogen) atoms. The van der Waals surface area contributed by atoms with Crippen LogP contribution in [0.3, 0.4) is 0 Å². The molecule has 0 aliphatic carbocycles. The Balaban J connectivity index is 1.69. The standard InChI is InChI=1S/C36H53N7O8/c1-5-22(4)30-34(49)39-24(18-23-11-7-6-8-12-23)31(46)37-19-29(45)38-26(20-44)32(47)40-25(17-21(2)3)35(50)43-16-10-14-28(43)36(51)42-15-9-13-27(42)33(48)41-30/h6-8,11-12,21-22,24-28,30,44H,5,9-10,13-20H2,1-4H3,(H,37,46)(H,38,45)(H,39,49)(H,40,47)(H,41,48)/t22-,24+,25+,26+,27+,28+,30-/m1/s1. The van der Waals surface area contributed by atoms with E-state index in [1.165, 1.54) is 9.80 Å². The molecule has 0 bridgehead atoms. The van der Waals surface area contributed by atoms with Crippen molar-refractivity contribution >= 4 is 41.4 Å². The maximum absolute atomic E-state index is 14.1. The van der Waals surface area contributed by atoms with Gasteiger partial charge in [-0.25, -0.2) is 0 Å². The summed E-state index contributed by atoms with van der Waals surface area (Å²) < 4.78 is 0. The largest absolute Gasteiger partial charge is 0.394 e. The normalized spacial score (nSPS) is 28.2. The maximum atomic E-state index is 14.1. The fourth-order valence-electron chi connectivity index (χ4n) is 6.95. The number of hydrogen-bond acceptors (Lipinski definition) is 8. The van der Waals surface area contributed by atoms with Gasteiger partial charge in [0.25, 0.3) is 0 Å². The van der Waals surface area contributed by atoms with Crippen molar-refractivity contribution in [3.8, 4) is 0 Å². The molecule has 3 fully saturated rings. The van der Waals surface area contributed by atoms with Crippen LogP contribution in [-0.2, 0) is 40.0 Å². The van der Waals surface area contributed by atoms with Gasteiger partial charge in [-0.3, -0.25) is 33.6 Å². The van der Waals surface area contributed by atoms with Crippen LogP contribution in [0, 0.1) is 11.8 Å². The first-order chi connectivity index (χ1) is 24.3. The van der Waals surface area contributed by atoms with Gasteiger partial charge in [0.1, 0.15) is 36.3 Å². The van der Waals surface area contributed by atoms with Gasteiger partial charge in [-0.2, -0.15) is 0 Å². The summed E-state index contributed by atoms with van der Waals surface area (Å²) in [6, 6.07) is 2.62. The fraction of sp³-hybridized carbons (Fsp3) is 0.639. The Kier molecular flexibility index (Phi) is 13.9. The van der Waals surface area contributed by atoms with Crippen LogP contribution in [0.15, 0.2) is 30.3 Å². The summed E-state index contributed by atoms with van der Waals surface area (Å²) in [5.41, 5.74) is 0.737. The molecule has 0 spiro atoms. The second-order valence-electron chi connectivity index (χ2n) is 14.2. The van der Waals surface area contributed by atoms with Gasteiger partial charge in [-0.15, -0.1) is 0 Å². The van der Waals surface area contributed by atoms with Gasteiger partial charge >= 0.3 is 0 Å². The highest BCUT2D eigenvalue weighted by Gasteiger charge is 2.44. The average Bonchev–Trinajstić information content (AvgIpc) is 3.81. The molecule has 3 heterocycles. The Hall–Kier alpha value is -4.53. The number of carbonyl (C=O) groups is 7. The molecular formula is C36H53N7O8. The summed E-state index contributed by atoms with van der Waals surface area (Å²) in [6.45, 7) is 6.68. The summed E-state index contributed by atoms with van der Waals surface area (Å²) in [6.07, 6.45) is 2.71. The molecule has 6 N–H and O–H groups in total. The third-order valence-corrected chi connectivity index (χ3v) is 9.95. The number of amides is 7. The van der Waals surface area contributed by atoms with Gasteiger partial charge in [0.15, 0.2) is 0 Å². The van der Waals surface area contributed by atoms with Gasteiger partial charge < -0.3 is 41.5 Å². The SMILES string of the molecule is CC[C@@H](C)[C@H]1NC(=O)[C@@H]2CCCN2C(=O)[C@@H]2CCCN2C(=O)[C@H](CC(C)C)NC(=O)[C@H](CO)NC(=O)CNC(=O)[C@H](Cc2ccccc2)NC1=O. The van der Waals surface area contributed by atoms with E-state index in [0.717, 1.165) is 5.56 Å². The highest BCUT2D eigenvalue weighted by Crippen LogP contribution is 2.27. The average molecular weight is 712 g/mol. The first-order valence-corrected chi connectivity index (χ1v) is 18.1. The lowest BCUT2D eigenvalue weighted by atomic mass is 9.96. The number of benzene rings is 1. The topological polar surface area (TPSA) is 206 Å². The van der Waals surface area contributed by atoms with Crippen LogP contribution in [0.25, 0.3) is 0 Å². The predicted molar refractivity (Wildman–Crippen MR) is 186 cm³/mol. The van der Waals surface area contributed by atoms with E-state index in [1.54, 1.807) is 24.3 Å². The predicted octanol–water partition coefficient (Wildman–Crippen LogP) is -0.635. The Morgan fingerprint density at radius 3 is 1.98 bits per heavy atom. The first-order valence-electron chi connectivity index (χ1n) is 18.1. The molecule has 1 aromatic rings. The number of aliphatic hydroxyl groups excluding tert-OH is 1. The highest BCUT2D eigenvalue weighted by atomic mass is 16.3. The van der Waals surface area contributed by atoms with E-state index in [0.29, 0.717) is 38.6 Å². The molecule has 4 rings (SSSR count). The van der Waals surface area contributed by atoms with Crippen molar-refractivity contribution in [2.24, 2.45) is 11.8 Å². The van der Waals surface area contributed by atoms with Crippen molar-refractivity contribution in [2.75, 3.05) is 26.2 Å². The Morgan fingerprint density at radius 2 is 1.35 bits per heavy atom. The number of carbonyl (C=O) groups excluding carboxylic acids is 7.